The normalized spacial score (nSPS) is 18.0. The van der Waals surface area contributed by atoms with Crippen molar-refractivity contribution in [3.8, 4) is 0 Å². The number of carbonyl (C=O) groups excluding carboxylic acids is 1. The summed E-state index contributed by atoms with van der Waals surface area (Å²) in [5.41, 5.74) is 4.90. The van der Waals surface area contributed by atoms with E-state index in [0.717, 1.165) is 24.8 Å². The van der Waals surface area contributed by atoms with Crippen LogP contribution in [0.4, 0.5) is 0 Å². The summed E-state index contributed by atoms with van der Waals surface area (Å²) >= 11 is 0. The number of carbonyl (C=O) groups is 1. The van der Waals surface area contributed by atoms with Crippen molar-refractivity contribution in [2.75, 3.05) is 27.3 Å². The molecule has 0 fully saturated rings. The van der Waals surface area contributed by atoms with Crippen molar-refractivity contribution in [1.29, 1.82) is 0 Å². The number of ether oxygens (including phenoxy) is 2. The Morgan fingerprint density at radius 3 is 2.15 bits per heavy atom. The average Bonchev–Trinajstić information content (AvgIpc) is 2.89. The topological polar surface area (TPSA) is 50.8 Å². The van der Waals surface area contributed by atoms with E-state index in [-0.39, 0.29) is 24.9 Å². The molecule has 2 atom stereocenters. The van der Waals surface area contributed by atoms with Crippen LogP contribution in [0.5, 0.6) is 0 Å². The van der Waals surface area contributed by atoms with Gasteiger partial charge in [-0.2, -0.15) is 0 Å². The van der Waals surface area contributed by atoms with Crippen molar-refractivity contribution in [1.82, 2.24) is 10.2 Å². The first-order chi connectivity index (χ1) is 16.7. The second-order valence-electron chi connectivity index (χ2n) is 8.72. The number of methoxy groups -OCH3 is 2. The predicted octanol–water partition coefficient (Wildman–Crippen LogP) is 4.89. The monoisotopic (exact) mass is 458 g/mol. The first kappa shape index (κ1) is 24.1. The van der Waals surface area contributed by atoms with Gasteiger partial charge in [0.25, 0.3) is 0 Å². The van der Waals surface area contributed by atoms with Crippen molar-refractivity contribution < 1.29 is 14.3 Å². The van der Waals surface area contributed by atoms with E-state index < -0.39 is 0 Å². The van der Waals surface area contributed by atoms with Crippen molar-refractivity contribution in [3.05, 3.63) is 107 Å². The fourth-order valence-corrected chi connectivity index (χ4v) is 4.91. The van der Waals surface area contributed by atoms with E-state index >= 15 is 0 Å². The Bertz CT molecular complexity index is 1000. The molecule has 1 amide bonds. The third-order valence-electron chi connectivity index (χ3n) is 6.60. The quantitative estimate of drug-likeness (QED) is 0.440. The van der Waals surface area contributed by atoms with E-state index in [0.29, 0.717) is 12.5 Å². The van der Waals surface area contributed by atoms with E-state index in [1.54, 1.807) is 14.2 Å². The highest BCUT2D eigenvalue weighted by molar-refractivity contribution is 5.78. The Labute approximate surface area is 202 Å². The Morgan fingerprint density at radius 2 is 1.53 bits per heavy atom. The van der Waals surface area contributed by atoms with E-state index in [1.165, 1.54) is 16.7 Å². The lowest BCUT2D eigenvalue weighted by Crippen LogP contribution is -2.49. The van der Waals surface area contributed by atoms with Gasteiger partial charge in [0.15, 0.2) is 0 Å². The Balaban J connectivity index is 1.34. The van der Waals surface area contributed by atoms with Crippen LogP contribution in [0.2, 0.25) is 0 Å². The molecule has 1 aliphatic heterocycles. The largest absolute Gasteiger partial charge is 0.366 e. The standard InChI is InChI=1S/C29H34N2O3/c1-33-28-20-24-16-9-10-17-26(24)29(34-2)31(28)21-27(32)30-19-11-18-25(22-12-5-3-6-13-22)23-14-7-4-8-15-23/h3-10,12-17,25,28-29H,11,18-21H2,1-2H3,(H,30,32). The second-order valence-corrected chi connectivity index (χ2v) is 8.72. The van der Waals surface area contributed by atoms with Crippen molar-refractivity contribution in [2.24, 2.45) is 0 Å². The first-order valence-corrected chi connectivity index (χ1v) is 12.0. The first-order valence-electron chi connectivity index (χ1n) is 12.0. The fourth-order valence-electron chi connectivity index (χ4n) is 4.91. The predicted molar refractivity (Wildman–Crippen MR) is 134 cm³/mol. The van der Waals surface area contributed by atoms with Gasteiger partial charge in [-0.1, -0.05) is 84.9 Å². The number of nitrogens with zero attached hydrogens (tertiary/aromatic N) is 1. The molecule has 0 bridgehead atoms. The van der Waals surface area contributed by atoms with Crippen LogP contribution in [-0.2, 0) is 20.7 Å². The van der Waals surface area contributed by atoms with Gasteiger partial charge >= 0.3 is 0 Å². The maximum atomic E-state index is 12.9. The van der Waals surface area contributed by atoms with Crippen LogP contribution in [0.25, 0.3) is 0 Å². The number of rotatable bonds is 10. The molecule has 0 saturated carbocycles. The molecule has 178 valence electrons. The number of nitrogens with one attached hydrogen (secondary N) is 1. The minimum Gasteiger partial charge on any atom is -0.366 e. The van der Waals surface area contributed by atoms with E-state index in [1.807, 2.05) is 29.2 Å². The van der Waals surface area contributed by atoms with Gasteiger partial charge in [-0.05, 0) is 35.1 Å². The summed E-state index contributed by atoms with van der Waals surface area (Å²) in [4.78, 5) is 14.9. The summed E-state index contributed by atoms with van der Waals surface area (Å²) in [5.74, 6) is 0.299. The molecule has 3 aromatic carbocycles. The lowest BCUT2D eigenvalue weighted by Gasteiger charge is -2.40. The Hall–Kier alpha value is -2.99. The average molecular weight is 459 g/mol. The van der Waals surface area contributed by atoms with Gasteiger partial charge in [-0.25, -0.2) is 4.90 Å². The molecule has 0 spiro atoms. The molecule has 3 aromatic rings. The van der Waals surface area contributed by atoms with Crippen molar-refractivity contribution in [3.63, 3.8) is 0 Å². The van der Waals surface area contributed by atoms with Gasteiger partial charge in [-0.3, -0.25) is 4.79 Å². The van der Waals surface area contributed by atoms with Gasteiger partial charge in [0.2, 0.25) is 5.91 Å². The van der Waals surface area contributed by atoms with Gasteiger partial charge in [-0.15, -0.1) is 0 Å². The molecule has 5 nitrogen and oxygen atoms in total. The molecular formula is C29H34N2O3. The minimum atomic E-state index is -0.304. The Morgan fingerprint density at radius 1 is 0.912 bits per heavy atom. The molecule has 0 radical (unpaired) electrons. The van der Waals surface area contributed by atoms with Gasteiger partial charge in [0.1, 0.15) is 12.5 Å². The second kappa shape index (κ2) is 11.9. The third kappa shape index (κ3) is 5.73. The summed E-state index contributed by atoms with van der Waals surface area (Å²) in [6.45, 7) is 0.862. The smallest absolute Gasteiger partial charge is 0.234 e. The van der Waals surface area contributed by atoms with Crippen LogP contribution < -0.4 is 5.32 Å². The van der Waals surface area contributed by atoms with E-state index in [9.17, 15) is 4.79 Å². The highest BCUT2D eigenvalue weighted by Crippen LogP contribution is 2.33. The molecule has 0 aliphatic carbocycles. The lowest BCUT2D eigenvalue weighted by atomic mass is 9.87. The zero-order valence-electron chi connectivity index (χ0n) is 20.0. The molecule has 0 saturated heterocycles. The number of benzene rings is 3. The van der Waals surface area contributed by atoms with Gasteiger partial charge < -0.3 is 14.8 Å². The van der Waals surface area contributed by atoms with Gasteiger partial charge in [0, 0.05) is 33.1 Å². The molecule has 1 N–H and O–H groups in total. The zero-order valence-corrected chi connectivity index (χ0v) is 20.0. The third-order valence-corrected chi connectivity index (χ3v) is 6.60. The molecule has 0 aromatic heterocycles. The highest BCUT2D eigenvalue weighted by atomic mass is 16.5. The summed E-state index contributed by atoms with van der Waals surface area (Å²) < 4.78 is 11.5. The highest BCUT2D eigenvalue weighted by Gasteiger charge is 2.35. The molecule has 1 aliphatic rings. The molecule has 2 unspecified atom stereocenters. The maximum absolute atomic E-state index is 12.9. The van der Waals surface area contributed by atoms with E-state index in [2.05, 4.69) is 66.0 Å². The fraction of sp³-hybridized carbons (Fsp3) is 0.345. The van der Waals surface area contributed by atoms with Crippen molar-refractivity contribution in [2.45, 2.75) is 37.6 Å². The van der Waals surface area contributed by atoms with Crippen LogP contribution in [0.15, 0.2) is 84.9 Å². The summed E-state index contributed by atoms with van der Waals surface area (Å²) in [6, 6.07) is 29.4. The number of fused-ring (bicyclic) bond motifs is 1. The minimum absolute atomic E-state index is 0.0144. The summed E-state index contributed by atoms with van der Waals surface area (Å²) in [6.07, 6.45) is 2.08. The lowest BCUT2D eigenvalue weighted by molar-refractivity contribution is -0.155. The number of amides is 1. The summed E-state index contributed by atoms with van der Waals surface area (Å²) in [5, 5.41) is 3.11. The van der Waals surface area contributed by atoms with E-state index in [4.69, 9.17) is 9.47 Å². The number of hydrogen-bond acceptors (Lipinski definition) is 4. The zero-order chi connectivity index (χ0) is 23.8. The van der Waals surface area contributed by atoms with Crippen LogP contribution in [0.3, 0.4) is 0 Å². The van der Waals surface area contributed by atoms with Crippen molar-refractivity contribution >= 4 is 5.91 Å². The molecule has 34 heavy (non-hydrogen) atoms. The molecule has 5 heteroatoms. The molecule has 4 rings (SSSR count). The molecule has 1 heterocycles. The van der Waals surface area contributed by atoms with Gasteiger partial charge in [0.05, 0.1) is 6.54 Å². The maximum Gasteiger partial charge on any atom is 0.234 e. The molecular weight excluding hydrogens is 424 g/mol. The van der Waals surface area contributed by atoms with Crippen LogP contribution >= 0.6 is 0 Å². The summed E-state index contributed by atoms with van der Waals surface area (Å²) in [7, 11) is 3.36. The SMILES string of the molecule is COC1Cc2ccccc2C(OC)N1CC(=O)NCCCC(c1ccccc1)c1ccccc1. The van der Waals surface area contributed by atoms with Crippen LogP contribution in [0, 0.1) is 0 Å². The van der Waals surface area contributed by atoms with Crippen LogP contribution in [-0.4, -0.2) is 44.3 Å². The number of hydrogen-bond donors (Lipinski definition) is 1. The van der Waals surface area contributed by atoms with Crippen LogP contribution in [0.1, 0.15) is 47.2 Å². The Kier molecular flexibility index (Phi) is 8.47.